The van der Waals surface area contributed by atoms with Gasteiger partial charge in [0.2, 0.25) is 0 Å². The Kier molecular flexibility index (Phi) is 7.62. The normalized spacial score (nSPS) is 16.5. The molecule has 1 aliphatic rings. The van der Waals surface area contributed by atoms with Crippen LogP contribution in [0.25, 0.3) is 11.2 Å². The second-order valence-electron chi connectivity index (χ2n) is 12.0. The van der Waals surface area contributed by atoms with Crippen molar-refractivity contribution in [1.29, 1.82) is 0 Å². The fraction of sp³-hybridized carbons (Fsp3) is 0.640. The van der Waals surface area contributed by atoms with E-state index < -0.39 is 41.1 Å². The number of ether oxygens (including phenoxy) is 3. The van der Waals surface area contributed by atoms with Crippen LogP contribution in [0.15, 0.2) is 18.5 Å². The van der Waals surface area contributed by atoms with Gasteiger partial charge >= 0.3 is 18.3 Å². The Hall–Kier alpha value is -3.57. The van der Waals surface area contributed by atoms with Gasteiger partial charge in [-0.05, 0) is 80.9 Å². The number of carbonyl (C=O) groups excluding carboxylic acids is 3. The van der Waals surface area contributed by atoms with Gasteiger partial charge in [-0.2, -0.15) is 0 Å². The summed E-state index contributed by atoms with van der Waals surface area (Å²) in [6.07, 6.45) is -0.183. The first-order chi connectivity index (χ1) is 16.9. The molecule has 204 valence electrons. The summed E-state index contributed by atoms with van der Waals surface area (Å²) in [7, 11) is 0. The van der Waals surface area contributed by atoms with E-state index in [1.54, 1.807) is 74.4 Å². The van der Waals surface area contributed by atoms with Crippen LogP contribution >= 0.6 is 0 Å². The summed E-state index contributed by atoms with van der Waals surface area (Å²) in [5.41, 5.74) is 1.43. The van der Waals surface area contributed by atoms with Gasteiger partial charge in [-0.15, -0.1) is 0 Å². The van der Waals surface area contributed by atoms with Gasteiger partial charge in [0.15, 0.2) is 5.65 Å². The summed E-state index contributed by atoms with van der Waals surface area (Å²) in [6, 6.07) is 3.12. The molecule has 0 saturated carbocycles. The lowest BCUT2D eigenvalue weighted by Crippen LogP contribution is -2.50. The fourth-order valence-corrected chi connectivity index (χ4v) is 3.70. The van der Waals surface area contributed by atoms with E-state index in [1.807, 2.05) is 4.90 Å². The van der Waals surface area contributed by atoms with Crippen molar-refractivity contribution in [2.75, 3.05) is 23.4 Å². The van der Waals surface area contributed by atoms with Gasteiger partial charge in [-0.25, -0.2) is 39.4 Å². The summed E-state index contributed by atoms with van der Waals surface area (Å²) in [5.74, 6) is 0.607. The molecule has 2 aromatic heterocycles. The van der Waals surface area contributed by atoms with Crippen molar-refractivity contribution in [3.63, 3.8) is 0 Å². The SMILES string of the molecule is CC(C)(C)OC(=O)Nn1cnc2ccc(N3CCC(N(C(=O)OC(C)(C)C)C(=O)OC(C)(C)C)C3)nc21. The predicted octanol–water partition coefficient (Wildman–Crippen LogP) is 4.66. The van der Waals surface area contributed by atoms with Crippen molar-refractivity contribution in [3.05, 3.63) is 18.5 Å². The molecular formula is C25H38N6O6. The minimum absolute atomic E-state index is 0.338. The van der Waals surface area contributed by atoms with Crippen LogP contribution in [0.4, 0.5) is 20.2 Å². The third-order valence-corrected chi connectivity index (χ3v) is 5.02. The molecule has 1 unspecified atom stereocenters. The zero-order chi connectivity index (χ0) is 27.8. The maximum absolute atomic E-state index is 13.0. The molecule has 0 bridgehead atoms. The number of imidazole rings is 1. The van der Waals surface area contributed by atoms with Crippen LogP contribution in [0.5, 0.6) is 0 Å². The number of nitrogens with zero attached hydrogens (tertiary/aromatic N) is 5. The number of hydrogen-bond acceptors (Lipinski definition) is 9. The van der Waals surface area contributed by atoms with Gasteiger partial charge in [0.25, 0.3) is 0 Å². The summed E-state index contributed by atoms with van der Waals surface area (Å²) in [6.45, 7) is 16.7. The molecule has 0 spiro atoms. The third kappa shape index (κ3) is 7.70. The Morgan fingerprint density at radius 1 is 0.919 bits per heavy atom. The fourth-order valence-electron chi connectivity index (χ4n) is 3.70. The van der Waals surface area contributed by atoms with Gasteiger partial charge in [-0.1, -0.05) is 0 Å². The molecule has 1 fully saturated rings. The first-order valence-electron chi connectivity index (χ1n) is 12.3. The Morgan fingerprint density at radius 3 is 2.03 bits per heavy atom. The lowest BCUT2D eigenvalue weighted by Gasteiger charge is -2.31. The highest BCUT2D eigenvalue weighted by Gasteiger charge is 2.40. The summed E-state index contributed by atoms with van der Waals surface area (Å²) < 4.78 is 17.7. The monoisotopic (exact) mass is 518 g/mol. The second kappa shape index (κ2) is 10.1. The van der Waals surface area contributed by atoms with Crippen LogP contribution < -0.4 is 10.3 Å². The molecule has 12 nitrogen and oxygen atoms in total. The maximum Gasteiger partial charge on any atom is 0.427 e. The molecule has 1 N–H and O–H groups in total. The molecule has 2 aromatic rings. The Balaban J connectivity index is 1.81. The lowest BCUT2D eigenvalue weighted by atomic mass is 10.2. The van der Waals surface area contributed by atoms with E-state index in [4.69, 9.17) is 14.2 Å². The van der Waals surface area contributed by atoms with E-state index in [0.717, 1.165) is 4.90 Å². The average Bonchev–Trinajstić information content (AvgIpc) is 3.31. The van der Waals surface area contributed by atoms with Gasteiger partial charge in [0.05, 0.1) is 6.04 Å². The number of amides is 3. The topological polar surface area (TPSA) is 128 Å². The quantitative estimate of drug-likeness (QED) is 0.577. The summed E-state index contributed by atoms with van der Waals surface area (Å²) >= 11 is 0. The van der Waals surface area contributed by atoms with Crippen LogP contribution in [0.2, 0.25) is 0 Å². The molecule has 12 heteroatoms. The van der Waals surface area contributed by atoms with Crippen LogP contribution in [0.1, 0.15) is 68.7 Å². The van der Waals surface area contributed by atoms with E-state index in [-0.39, 0.29) is 0 Å². The molecule has 0 aliphatic carbocycles. The summed E-state index contributed by atoms with van der Waals surface area (Å²) in [5, 5.41) is 0. The average molecular weight is 519 g/mol. The number of rotatable bonds is 3. The number of anilines is 1. The van der Waals surface area contributed by atoms with Crippen LogP contribution in [0.3, 0.4) is 0 Å². The van der Waals surface area contributed by atoms with E-state index in [2.05, 4.69) is 15.4 Å². The van der Waals surface area contributed by atoms with Crippen LogP contribution in [-0.2, 0) is 14.2 Å². The molecule has 1 atom stereocenters. The smallest absolute Gasteiger partial charge is 0.427 e. The van der Waals surface area contributed by atoms with Gasteiger partial charge < -0.3 is 19.1 Å². The number of nitrogens with one attached hydrogen (secondary N) is 1. The zero-order valence-corrected chi connectivity index (χ0v) is 23.1. The molecule has 3 amide bonds. The minimum atomic E-state index is -0.776. The summed E-state index contributed by atoms with van der Waals surface area (Å²) in [4.78, 5) is 50.2. The molecule has 0 radical (unpaired) electrons. The van der Waals surface area contributed by atoms with E-state index in [0.29, 0.717) is 36.5 Å². The Morgan fingerprint density at radius 2 is 1.49 bits per heavy atom. The standard InChI is InChI=1S/C25H38N6O6/c1-23(2,3)35-20(32)28-30-15-26-17-10-11-18(27-19(17)30)29-13-12-16(14-29)31(21(33)36-24(4,5)6)22(34)37-25(7,8)9/h10-11,15-16H,12-14H2,1-9H3,(H,28,32). The predicted molar refractivity (Wildman–Crippen MR) is 138 cm³/mol. The largest absolute Gasteiger partial charge is 0.443 e. The molecule has 1 aliphatic heterocycles. The first kappa shape index (κ1) is 28.0. The minimum Gasteiger partial charge on any atom is -0.443 e. The maximum atomic E-state index is 13.0. The molecule has 0 aromatic carbocycles. The third-order valence-electron chi connectivity index (χ3n) is 5.02. The zero-order valence-electron chi connectivity index (χ0n) is 23.1. The van der Waals surface area contributed by atoms with E-state index in [9.17, 15) is 14.4 Å². The number of aromatic nitrogens is 3. The first-order valence-corrected chi connectivity index (χ1v) is 12.3. The molecule has 37 heavy (non-hydrogen) atoms. The number of imide groups is 1. The Labute approximate surface area is 217 Å². The molecular weight excluding hydrogens is 480 g/mol. The highest BCUT2D eigenvalue weighted by molar-refractivity contribution is 5.89. The van der Waals surface area contributed by atoms with Crippen molar-refractivity contribution >= 4 is 35.3 Å². The number of hydrogen-bond donors (Lipinski definition) is 1. The number of carbonyl (C=O) groups is 3. The highest BCUT2D eigenvalue weighted by atomic mass is 16.6. The number of fused-ring (bicyclic) bond motifs is 1. The molecule has 1 saturated heterocycles. The van der Waals surface area contributed by atoms with Crippen molar-refractivity contribution in [2.24, 2.45) is 0 Å². The molecule has 3 heterocycles. The van der Waals surface area contributed by atoms with Crippen LogP contribution in [0, 0.1) is 0 Å². The van der Waals surface area contributed by atoms with Crippen molar-refractivity contribution in [1.82, 2.24) is 19.5 Å². The Bertz CT molecular complexity index is 1130. The highest BCUT2D eigenvalue weighted by Crippen LogP contribution is 2.26. The van der Waals surface area contributed by atoms with E-state index >= 15 is 0 Å². The van der Waals surface area contributed by atoms with Gasteiger partial charge in [0.1, 0.15) is 34.5 Å². The molecule has 3 rings (SSSR count). The second-order valence-corrected chi connectivity index (χ2v) is 12.0. The van der Waals surface area contributed by atoms with Crippen molar-refractivity contribution < 1.29 is 28.6 Å². The van der Waals surface area contributed by atoms with Crippen LogP contribution in [-0.4, -0.2) is 73.8 Å². The van der Waals surface area contributed by atoms with Crippen molar-refractivity contribution in [2.45, 2.75) is 91.6 Å². The lowest BCUT2D eigenvalue weighted by molar-refractivity contribution is -0.00559. The van der Waals surface area contributed by atoms with E-state index in [1.165, 1.54) is 11.0 Å². The van der Waals surface area contributed by atoms with Gasteiger partial charge in [0, 0.05) is 13.1 Å². The number of pyridine rings is 1. The van der Waals surface area contributed by atoms with Gasteiger partial charge in [-0.3, -0.25) is 0 Å². The van der Waals surface area contributed by atoms with Crippen molar-refractivity contribution in [3.8, 4) is 0 Å².